The zero-order chi connectivity index (χ0) is 10.8. The fourth-order valence-electron chi connectivity index (χ4n) is 1.42. The van der Waals surface area contributed by atoms with Crippen molar-refractivity contribution < 1.29 is 0 Å². The maximum absolute atomic E-state index is 11.1. The molecule has 2 rings (SSSR count). The van der Waals surface area contributed by atoms with E-state index in [1.165, 1.54) is 6.07 Å². The van der Waals surface area contributed by atoms with Crippen molar-refractivity contribution >= 4 is 5.69 Å². The van der Waals surface area contributed by atoms with Crippen LogP contribution in [0.15, 0.2) is 41.2 Å². The van der Waals surface area contributed by atoms with Crippen molar-refractivity contribution in [3.05, 3.63) is 52.3 Å². The first-order chi connectivity index (χ1) is 7.16. The van der Waals surface area contributed by atoms with E-state index in [4.69, 9.17) is 5.73 Å². The third-order valence-electron chi connectivity index (χ3n) is 2.36. The lowest BCUT2D eigenvalue weighted by Gasteiger charge is -2.04. The van der Waals surface area contributed by atoms with Crippen LogP contribution in [0.1, 0.15) is 5.56 Å². The zero-order valence-corrected chi connectivity index (χ0v) is 8.45. The Morgan fingerprint density at radius 1 is 1.20 bits per heavy atom. The van der Waals surface area contributed by atoms with E-state index < -0.39 is 0 Å². The number of H-pyrrole nitrogens is 1. The fourth-order valence-corrected chi connectivity index (χ4v) is 1.42. The third-order valence-corrected chi connectivity index (χ3v) is 2.36. The minimum atomic E-state index is -0.105. The first-order valence-corrected chi connectivity index (χ1v) is 4.72. The molecule has 0 aliphatic rings. The smallest absolute Gasteiger partial charge is 0.248 e. The van der Waals surface area contributed by atoms with E-state index in [0.717, 1.165) is 22.5 Å². The normalized spacial score (nSPS) is 10.2. The van der Waals surface area contributed by atoms with Crippen LogP contribution in [0.5, 0.6) is 0 Å². The Balaban J connectivity index is 2.55. The molecule has 0 unspecified atom stereocenters. The average Bonchev–Trinajstić information content (AvgIpc) is 2.22. The SMILES string of the molecule is Cc1ccc(-c2cccc(=O)[nH]2)cc1N. The first kappa shape index (κ1) is 9.52. The molecule has 2 aromatic rings. The number of rotatable bonds is 1. The summed E-state index contributed by atoms with van der Waals surface area (Å²) in [4.78, 5) is 13.9. The summed E-state index contributed by atoms with van der Waals surface area (Å²) in [6.07, 6.45) is 0. The Morgan fingerprint density at radius 3 is 2.67 bits per heavy atom. The Kier molecular flexibility index (Phi) is 2.29. The highest BCUT2D eigenvalue weighted by atomic mass is 16.1. The second-order valence-corrected chi connectivity index (χ2v) is 3.50. The van der Waals surface area contributed by atoms with E-state index in [2.05, 4.69) is 4.98 Å². The number of aromatic nitrogens is 1. The van der Waals surface area contributed by atoms with Gasteiger partial charge in [-0.25, -0.2) is 0 Å². The Bertz CT molecular complexity index is 543. The van der Waals surface area contributed by atoms with Crippen molar-refractivity contribution in [2.75, 3.05) is 5.73 Å². The van der Waals surface area contributed by atoms with Crippen LogP contribution in [0.25, 0.3) is 11.3 Å². The zero-order valence-electron chi connectivity index (χ0n) is 8.45. The molecule has 3 heteroatoms. The van der Waals surface area contributed by atoms with Crippen molar-refractivity contribution in [3.8, 4) is 11.3 Å². The topological polar surface area (TPSA) is 58.9 Å². The van der Waals surface area contributed by atoms with Gasteiger partial charge in [-0.3, -0.25) is 4.79 Å². The maximum Gasteiger partial charge on any atom is 0.248 e. The molecule has 0 atom stereocenters. The minimum Gasteiger partial charge on any atom is -0.398 e. The number of benzene rings is 1. The molecular weight excluding hydrogens is 188 g/mol. The van der Waals surface area contributed by atoms with Crippen LogP contribution in [0.3, 0.4) is 0 Å². The number of nitrogens with two attached hydrogens (primary N) is 1. The van der Waals surface area contributed by atoms with Crippen molar-refractivity contribution in [3.63, 3.8) is 0 Å². The Morgan fingerprint density at radius 2 is 2.00 bits per heavy atom. The summed E-state index contributed by atoms with van der Waals surface area (Å²) in [5.41, 5.74) is 9.18. The van der Waals surface area contributed by atoms with Crippen molar-refractivity contribution in [2.24, 2.45) is 0 Å². The molecule has 1 aromatic heterocycles. The van der Waals surface area contributed by atoms with Crippen LogP contribution >= 0.6 is 0 Å². The lowest BCUT2D eigenvalue weighted by Crippen LogP contribution is -2.03. The quantitative estimate of drug-likeness (QED) is 0.691. The van der Waals surface area contributed by atoms with Gasteiger partial charge in [-0.05, 0) is 24.6 Å². The maximum atomic E-state index is 11.1. The lowest BCUT2D eigenvalue weighted by molar-refractivity contribution is 1.24. The highest BCUT2D eigenvalue weighted by Crippen LogP contribution is 2.20. The van der Waals surface area contributed by atoms with Gasteiger partial charge < -0.3 is 10.7 Å². The predicted molar refractivity (Wildman–Crippen MR) is 61.6 cm³/mol. The van der Waals surface area contributed by atoms with Crippen LogP contribution in [0.4, 0.5) is 5.69 Å². The molecule has 15 heavy (non-hydrogen) atoms. The first-order valence-electron chi connectivity index (χ1n) is 4.72. The van der Waals surface area contributed by atoms with Crippen LogP contribution in [-0.2, 0) is 0 Å². The molecule has 76 valence electrons. The van der Waals surface area contributed by atoms with Gasteiger partial charge in [0.15, 0.2) is 0 Å². The largest absolute Gasteiger partial charge is 0.398 e. The standard InChI is InChI=1S/C12H12N2O/c1-8-5-6-9(7-10(8)13)11-3-2-4-12(15)14-11/h2-7H,13H2,1H3,(H,14,15). The van der Waals surface area contributed by atoms with Gasteiger partial charge in [0.2, 0.25) is 5.56 Å². The molecule has 0 radical (unpaired) electrons. The van der Waals surface area contributed by atoms with E-state index in [1.807, 2.05) is 31.2 Å². The fraction of sp³-hybridized carbons (Fsp3) is 0.0833. The molecule has 0 saturated carbocycles. The molecule has 0 bridgehead atoms. The molecule has 1 heterocycles. The number of aromatic amines is 1. The molecule has 0 saturated heterocycles. The lowest BCUT2D eigenvalue weighted by atomic mass is 10.1. The summed E-state index contributed by atoms with van der Waals surface area (Å²) >= 11 is 0. The summed E-state index contributed by atoms with van der Waals surface area (Å²) in [5.74, 6) is 0. The van der Waals surface area contributed by atoms with Crippen LogP contribution in [-0.4, -0.2) is 4.98 Å². The molecule has 0 spiro atoms. The Hall–Kier alpha value is -2.03. The number of hydrogen-bond acceptors (Lipinski definition) is 2. The average molecular weight is 200 g/mol. The summed E-state index contributed by atoms with van der Waals surface area (Å²) in [5, 5.41) is 0. The highest BCUT2D eigenvalue weighted by Gasteiger charge is 2.00. The van der Waals surface area contributed by atoms with E-state index in [9.17, 15) is 4.79 Å². The molecule has 0 amide bonds. The van der Waals surface area contributed by atoms with E-state index >= 15 is 0 Å². The molecule has 3 nitrogen and oxygen atoms in total. The second kappa shape index (κ2) is 3.61. The molecule has 1 aromatic carbocycles. The monoisotopic (exact) mass is 200 g/mol. The van der Waals surface area contributed by atoms with Gasteiger partial charge in [0.1, 0.15) is 0 Å². The van der Waals surface area contributed by atoms with Crippen LogP contribution in [0.2, 0.25) is 0 Å². The second-order valence-electron chi connectivity index (χ2n) is 3.50. The number of hydrogen-bond donors (Lipinski definition) is 2. The molecule has 0 aliphatic heterocycles. The number of nitrogen functional groups attached to an aromatic ring is 1. The van der Waals surface area contributed by atoms with Crippen LogP contribution < -0.4 is 11.3 Å². The molecule has 0 fully saturated rings. The summed E-state index contributed by atoms with van der Waals surface area (Å²) in [7, 11) is 0. The number of nitrogens with one attached hydrogen (secondary N) is 1. The summed E-state index contributed by atoms with van der Waals surface area (Å²) in [6, 6.07) is 10.8. The Labute approximate surface area is 87.6 Å². The van der Waals surface area contributed by atoms with Gasteiger partial charge in [-0.2, -0.15) is 0 Å². The van der Waals surface area contributed by atoms with Gasteiger partial charge in [0.25, 0.3) is 0 Å². The molecule has 0 aliphatic carbocycles. The van der Waals surface area contributed by atoms with Gasteiger partial charge in [0.05, 0.1) is 0 Å². The highest BCUT2D eigenvalue weighted by molar-refractivity contribution is 5.65. The van der Waals surface area contributed by atoms with Crippen molar-refractivity contribution in [1.29, 1.82) is 0 Å². The van der Waals surface area contributed by atoms with Crippen LogP contribution in [0, 0.1) is 6.92 Å². The van der Waals surface area contributed by atoms with Gasteiger partial charge in [-0.15, -0.1) is 0 Å². The molecule has 3 N–H and O–H groups in total. The number of pyridine rings is 1. The van der Waals surface area contributed by atoms with E-state index in [0.29, 0.717) is 0 Å². The predicted octanol–water partition coefficient (Wildman–Crippen LogP) is 1.93. The van der Waals surface area contributed by atoms with Gasteiger partial charge in [-0.1, -0.05) is 18.2 Å². The van der Waals surface area contributed by atoms with Crippen molar-refractivity contribution in [2.45, 2.75) is 6.92 Å². The third kappa shape index (κ3) is 1.91. The number of anilines is 1. The van der Waals surface area contributed by atoms with Gasteiger partial charge >= 0.3 is 0 Å². The van der Waals surface area contributed by atoms with Crippen molar-refractivity contribution in [1.82, 2.24) is 4.98 Å². The minimum absolute atomic E-state index is 0.105. The summed E-state index contributed by atoms with van der Waals surface area (Å²) in [6.45, 7) is 1.95. The number of aryl methyl sites for hydroxylation is 1. The van der Waals surface area contributed by atoms with Gasteiger partial charge in [0, 0.05) is 23.0 Å². The van der Waals surface area contributed by atoms with E-state index in [1.54, 1.807) is 6.07 Å². The van der Waals surface area contributed by atoms with E-state index in [-0.39, 0.29) is 5.56 Å². The molecular formula is C12H12N2O. The summed E-state index contributed by atoms with van der Waals surface area (Å²) < 4.78 is 0.